The van der Waals surface area contributed by atoms with Gasteiger partial charge in [0.25, 0.3) is 5.24 Å². The Kier molecular flexibility index (Phi) is 4.00. The summed E-state index contributed by atoms with van der Waals surface area (Å²) in [4.78, 5) is 14.4. The summed E-state index contributed by atoms with van der Waals surface area (Å²) in [5, 5.41) is -1.05. The maximum absolute atomic E-state index is 12.0. The van der Waals surface area contributed by atoms with Gasteiger partial charge in [0.05, 0.1) is 11.3 Å². The van der Waals surface area contributed by atoms with Gasteiger partial charge in [0.2, 0.25) is 5.88 Å². The van der Waals surface area contributed by atoms with Crippen LogP contribution in [0.3, 0.4) is 0 Å². The normalized spacial score (nSPS) is 11.4. The van der Waals surface area contributed by atoms with Crippen LogP contribution >= 0.6 is 34.2 Å². The number of ether oxygens (including phenoxy) is 1. The summed E-state index contributed by atoms with van der Waals surface area (Å²) < 4.78 is 40.1. The second-order valence-corrected chi connectivity index (χ2v) is 4.24. The third-order valence-electron chi connectivity index (χ3n) is 1.54. The van der Waals surface area contributed by atoms with Crippen LogP contribution in [0, 0.1) is 10.5 Å². The molecule has 0 amide bonds. The predicted octanol–water partition coefficient (Wildman–Crippen LogP) is 3.27. The maximum atomic E-state index is 12.0. The number of aromatic nitrogens is 1. The molecule has 0 aliphatic rings. The summed E-state index contributed by atoms with van der Waals surface area (Å²) in [6.07, 6.45) is -4.91. The van der Waals surface area contributed by atoms with Crippen molar-refractivity contribution in [1.82, 2.24) is 4.98 Å². The Morgan fingerprint density at radius 1 is 1.56 bits per heavy atom. The van der Waals surface area contributed by atoms with Crippen molar-refractivity contribution >= 4 is 39.4 Å². The number of carbonyl (C=O) groups excluding carboxylic acids is 1. The van der Waals surface area contributed by atoms with Gasteiger partial charge in [0.15, 0.2) is 0 Å². The minimum atomic E-state index is -4.91. The van der Waals surface area contributed by atoms with Gasteiger partial charge in [0, 0.05) is 3.57 Å². The van der Waals surface area contributed by atoms with E-state index in [-0.39, 0.29) is 0 Å². The van der Waals surface area contributed by atoms with Crippen molar-refractivity contribution in [1.29, 1.82) is 0 Å². The van der Waals surface area contributed by atoms with Gasteiger partial charge < -0.3 is 4.74 Å². The van der Waals surface area contributed by atoms with Crippen molar-refractivity contribution in [3.8, 4) is 5.88 Å². The summed E-state index contributed by atoms with van der Waals surface area (Å²) in [5.74, 6) is -0.828. The number of pyridine rings is 1. The predicted molar refractivity (Wildman–Crippen MR) is 58.6 cm³/mol. The topological polar surface area (TPSA) is 39.2 Å². The molecule has 0 N–H and O–H groups in total. The molecule has 0 aliphatic heterocycles. The molecule has 1 aromatic heterocycles. The van der Waals surface area contributed by atoms with E-state index in [9.17, 15) is 18.0 Å². The average Bonchev–Trinajstić information content (AvgIpc) is 2.07. The highest BCUT2D eigenvalue weighted by atomic mass is 127. The molecular formula is C8H4ClF3INO2. The van der Waals surface area contributed by atoms with Gasteiger partial charge >= 0.3 is 6.36 Å². The highest BCUT2D eigenvalue weighted by Gasteiger charge is 2.34. The summed E-state index contributed by atoms with van der Waals surface area (Å²) in [6.45, 7) is 1.49. The molecule has 0 saturated heterocycles. The summed E-state index contributed by atoms with van der Waals surface area (Å²) >= 11 is 6.96. The second-order valence-electron chi connectivity index (χ2n) is 2.73. The Balaban J connectivity index is 3.25. The van der Waals surface area contributed by atoms with Crippen molar-refractivity contribution in [3.05, 3.63) is 20.9 Å². The molecule has 0 spiro atoms. The summed E-state index contributed by atoms with van der Waals surface area (Å²) in [5.41, 5.74) is -0.0875. The molecule has 1 rings (SSSR count). The summed E-state index contributed by atoms with van der Waals surface area (Å²) in [6, 6.07) is 1.19. The zero-order valence-electron chi connectivity index (χ0n) is 7.73. The fraction of sp³-hybridized carbons (Fsp3) is 0.250. The molecule has 8 heteroatoms. The maximum Gasteiger partial charge on any atom is 0.574 e. The highest BCUT2D eigenvalue weighted by molar-refractivity contribution is 14.1. The van der Waals surface area contributed by atoms with E-state index in [1.807, 2.05) is 22.6 Å². The number of rotatable bonds is 2. The molecule has 0 saturated carbocycles. The molecule has 0 radical (unpaired) electrons. The molecule has 0 unspecified atom stereocenters. The zero-order valence-corrected chi connectivity index (χ0v) is 10.6. The first kappa shape index (κ1) is 13.5. The van der Waals surface area contributed by atoms with Gasteiger partial charge in [-0.1, -0.05) is 0 Å². The van der Waals surface area contributed by atoms with Gasteiger partial charge in [-0.05, 0) is 47.2 Å². The van der Waals surface area contributed by atoms with Crippen LogP contribution in [0.1, 0.15) is 16.1 Å². The van der Waals surface area contributed by atoms with Crippen LogP contribution in [0.2, 0.25) is 0 Å². The van der Waals surface area contributed by atoms with Gasteiger partial charge in [-0.15, -0.1) is 13.2 Å². The lowest BCUT2D eigenvalue weighted by atomic mass is 10.2. The number of hydrogen-bond donors (Lipinski definition) is 0. The van der Waals surface area contributed by atoms with Crippen molar-refractivity contribution in [3.63, 3.8) is 0 Å². The fourth-order valence-electron chi connectivity index (χ4n) is 0.887. The van der Waals surface area contributed by atoms with E-state index in [4.69, 9.17) is 11.6 Å². The largest absolute Gasteiger partial charge is 0.574 e. The lowest BCUT2D eigenvalue weighted by Gasteiger charge is -2.11. The first-order valence-corrected chi connectivity index (χ1v) is 5.29. The van der Waals surface area contributed by atoms with E-state index in [1.165, 1.54) is 13.0 Å². The van der Waals surface area contributed by atoms with E-state index < -0.39 is 23.0 Å². The Hall–Kier alpha value is -0.570. The SMILES string of the molecule is Cc1nc(OC(F)(F)F)c(C(=O)Cl)cc1I. The van der Waals surface area contributed by atoms with Crippen LogP contribution in [0.25, 0.3) is 0 Å². The number of aryl methyl sites for hydroxylation is 1. The van der Waals surface area contributed by atoms with Crippen LogP contribution in [0.5, 0.6) is 5.88 Å². The standard InChI is InChI=1S/C8H4ClF3INO2/c1-3-5(13)2-4(6(9)15)7(14-3)16-8(10,11)12/h2H,1H3. The zero-order chi connectivity index (χ0) is 12.5. The van der Waals surface area contributed by atoms with Gasteiger partial charge in [-0.25, -0.2) is 4.98 Å². The number of carbonyl (C=O) groups is 1. The van der Waals surface area contributed by atoms with Crippen LogP contribution in [-0.2, 0) is 0 Å². The molecule has 0 atom stereocenters. The Morgan fingerprint density at radius 2 is 2.12 bits per heavy atom. The van der Waals surface area contributed by atoms with Crippen molar-refractivity contribution < 1.29 is 22.7 Å². The summed E-state index contributed by atoms with van der Waals surface area (Å²) in [7, 11) is 0. The minimum Gasteiger partial charge on any atom is -0.387 e. The number of alkyl halides is 3. The first-order valence-electron chi connectivity index (χ1n) is 3.83. The quantitative estimate of drug-likeness (QED) is 0.596. The first-order chi connectivity index (χ1) is 7.20. The monoisotopic (exact) mass is 365 g/mol. The van der Waals surface area contributed by atoms with Gasteiger partial charge in [-0.2, -0.15) is 0 Å². The molecule has 0 aliphatic carbocycles. The van der Waals surface area contributed by atoms with Crippen LogP contribution < -0.4 is 4.74 Å². The highest BCUT2D eigenvalue weighted by Crippen LogP contribution is 2.27. The molecule has 88 valence electrons. The molecule has 3 nitrogen and oxygen atoms in total. The van der Waals surface area contributed by atoms with E-state index in [0.717, 1.165) is 0 Å². The van der Waals surface area contributed by atoms with Crippen LogP contribution in [0.4, 0.5) is 13.2 Å². The second kappa shape index (κ2) is 4.74. The third-order valence-corrected chi connectivity index (χ3v) is 2.84. The smallest absolute Gasteiger partial charge is 0.387 e. The van der Waals surface area contributed by atoms with E-state index in [2.05, 4.69) is 9.72 Å². The third kappa shape index (κ3) is 3.48. The van der Waals surface area contributed by atoms with Crippen molar-refractivity contribution in [2.45, 2.75) is 13.3 Å². The van der Waals surface area contributed by atoms with Gasteiger partial charge in [-0.3, -0.25) is 4.79 Å². The van der Waals surface area contributed by atoms with Gasteiger partial charge in [0.1, 0.15) is 0 Å². The number of nitrogens with zero attached hydrogens (tertiary/aromatic N) is 1. The Bertz CT molecular complexity index is 436. The Labute approximate surface area is 107 Å². The molecule has 0 aromatic carbocycles. The van der Waals surface area contributed by atoms with Crippen molar-refractivity contribution in [2.24, 2.45) is 0 Å². The van der Waals surface area contributed by atoms with Crippen molar-refractivity contribution in [2.75, 3.05) is 0 Å². The molecule has 0 fully saturated rings. The molecular weight excluding hydrogens is 361 g/mol. The molecule has 0 bridgehead atoms. The lowest BCUT2D eigenvalue weighted by Crippen LogP contribution is -2.20. The number of hydrogen-bond acceptors (Lipinski definition) is 3. The van der Waals surface area contributed by atoms with E-state index in [0.29, 0.717) is 9.26 Å². The fourth-order valence-corrected chi connectivity index (χ4v) is 1.45. The lowest BCUT2D eigenvalue weighted by molar-refractivity contribution is -0.276. The molecule has 16 heavy (non-hydrogen) atoms. The van der Waals surface area contributed by atoms with E-state index in [1.54, 1.807) is 0 Å². The molecule has 1 heterocycles. The minimum absolute atomic E-state index is 0.321. The van der Waals surface area contributed by atoms with Crippen LogP contribution in [0.15, 0.2) is 6.07 Å². The van der Waals surface area contributed by atoms with E-state index >= 15 is 0 Å². The Morgan fingerprint density at radius 3 is 2.56 bits per heavy atom. The van der Waals surface area contributed by atoms with Crippen LogP contribution in [-0.4, -0.2) is 16.6 Å². The molecule has 1 aromatic rings. The average molecular weight is 365 g/mol. The number of halogens is 5.